The van der Waals surface area contributed by atoms with E-state index in [0.717, 1.165) is 30.2 Å². The summed E-state index contributed by atoms with van der Waals surface area (Å²) in [5.41, 5.74) is 1.03. The molecule has 0 amide bonds. The Hall–Kier alpha value is -1.82. The standard InChI is InChI=1S/C16H24N4OS/c1-3-4-5-6-11-20-15(18-19-16(20)22)12-17-13-7-9-14(21-2)10-8-13/h7-10,17H,3-6,11-12H2,1-2H3,(H,19,22). The number of unbranched alkanes of at least 4 members (excludes halogenated alkanes) is 3. The second-order valence-corrected chi connectivity index (χ2v) is 5.63. The molecule has 22 heavy (non-hydrogen) atoms. The molecule has 0 saturated heterocycles. The van der Waals surface area contributed by atoms with E-state index in [1.165, 1.54) is 19.3 Å². The molecule has 2 N–H and O–H groups in total. The van der Waals surface area contributed by atoms with E-state index < -0.39 is 0 Å². The van der Waals surface area contributed by atoms with Crippen LogP contribution in [0.3, 0.4) is 0 Å². The maximum Gasteiger partial charge on any atom is 0.195 e. The van der Waals surface area contributed by atoms with Crippen molar-refractivity contribution in [2.75, 3.05) is 12.4 Å². The van der Waals surface area contributed by atoms with E-state index >= 15 is 0 Å². The van der Waals surface area contributed by atoms with Gasteiger partial charge < -0.3 is 14.6 Å². The fraction of sp³-hybridized carbons (Fsp3) is 0.500. The van der Waals surface area contributed by atoms with Gasteiger partial charge in [-0.25, -0.2) is 0 Å². The molecule has 0 atom stereocenters. The van der Waals surface area contributed by atoms with Crippen molar-refractivity contribution in [2.45, 2.75) is 45.7 Å². The van der Waals surface area contributed by atoms with Gasteiger partial charge in [-0.05, 0) is 42.9 Å². The summed E-state index contributed by atoms with van der Waals surface area (Å²) >= 11 is 5.32. The summed E-state index contributed by atoms with van der Waals surface area (Å²) in [4.78, 5) is 0. The summed E-state index contributed by atoms with van der Waals surface area (Å²) in [5, 5.41) is 10.6. The molecular weight excluding hydrogens is 296 g/mol. The van der Waals surface area contributed by atoms with Gasteiger partial charge in [0.1, 0.15) is 5.75 Å². The Morgan fingerprint density at radius 1 is 1.23 bits per heavy atom. The highest BCUT2D eigenvalue weighted by Crippen LogP contribution is 2.15. The van der Waals surface area contributed by atoms with Gasteiger partial charge in [0.15, 0.2) is 10.6 Å². The number of nitrogens with zero attached hydrogens (tertiary/aromatic N) is 2. The summed E-state index contributed by atoms with van der Waals surface area (Å²) in [6.07, 6.45) is 4.87. The smallest absolute Gasteiger partial charge is 0.195 e. The van der Waals surface area contributed by atoms with Crippen molar-refractivity contribution >= 4 is 17.9 Å². The summed E-state index contributed by atoms with van der Waals surface area (Å²) in [7, 11) is 1.67. The second-order valence-electron chi connectivity index (χ2n) is 5.24. The van der Waals surface area contributed by atoms with Crippen molar-refractivity contribution in [2.24, 2.45) is 0 Å². The van der Waals surface area contributed by atoms with E-state index in [0.29, 0.717) is 11.3 Å². The molecule has 1 aromatic heterocycles. The highest BCUT2D eigenvalue weighted by Gasteiger charge is 2.05. The van der Waals surface area contributed by atoms with Crippen LogP contribution < -0.4 is 10.1 Å². The molecule has 0 aliphatic rings. The minimum Gasteiger partial charge on any atom is -0.497 e. The van der Waals surface area contributed by atoms with Crippen LogP contribution in [0.15, 0.2) is 24.3 Å². The number of benzene rings is 1. The number of hydrogen-bond donors (Lipinski definition) is 2. The lowest BCUT2D eigenvalue weighted by molar-refractivity contribution is 0.415. The normalized spacial score (nSPS) is 10.6. The number of rotatable bonds is 9. The predicted octanol–water partition coefficient (Wildman–Crippen LogP) is 4.14. The Labute approximate surface area is 136 Å². The number of anilines is 1. The Balaban J connectivity index is 1.93. The quantitative estimate of drug-likeness (QED) is 0.538. The first-order valence-electron chi connectivity index (χ1n) is 7.76. The summed E-state index contributed by atoms with van der Waals surface area (Å²) < 4.78 is 7.94. The third kappa shape index (κ3) is 4.59. The minimum atomic E-state index is 0.646. The number of H-pyrrole nitrogens is 1. The molecule has 120 valence electrons. The number of ether oxygens (including phenoxy) is 1. The van der Waals surface area contributed by atoms with Crippen LogP contribution in [0.1, 0.15) is 38.4 Å². The van der Waals surface area contributed by atoms with Crippen LogP contribution in [0, 0.1) is 4.77 Å². The van der Waals surface area contributed by atoms with Gasteiger partial charge in [0, 0.05) is 12.2 Å². The highest BCUT2D eigenvalue weighted by molar-refractivity contribution is 7.71. The van der Waals surface area contributed by atoms with Gasteiger partial charge in [-0.15, -0.1) is 0 Å². The zero-order chi connectivity index (χ0) is 15.8. The van der Waals surface area contributed by atoms with Gasteiger partial charge in [0.05, 0.1) is 13.7 Å². The molecule has 6 heteroatoms. The van der Waals surface area contributed by atoms with Crippen LogP contribution in [-0.2, 0) is 13.1 Å². The van der Waals surface area contributed by atoms with Crippen LogP contribution in [0.4, 0.5) is 5.69 Å². The lowest BCUT2D eigenvalue weighted by atomic mass is 10.2. The number of aromatic nitrogens is 3. The van der Waals surface area contributed by atoms with Crippen molar-refractivity contribution in [3.63, 3.8) is 0 Å². The van der Waals surface area contributed by atoms with Gasteiger partial charge >= 0.3 is 0 Å². The average Bonchev–Trinajstić information content (AvgIpc) is 2.90. The van der Waals surface area contributed by atoms with Gasteiger partial charge in [0.25, 0.3) is 0 Å². The van der Waals surface area contributed by atoms with Crippen LogP contribution in [-0.4, -0.2) is 21.9 Å². The maximum atomic E-state index is 5.32. The molecule has 0 fully saturated rings. The molecule has 1 heterocycles. The Morgan fingerprint density at radius 2 is 2.00 bits per heavy atom. The number of methoxy groups -OCH3 is 1. The number of nitrogens with one attached hydrogen (secondary N) is 2. The fourth-order valence-electron chi connectivity index (χ4n) is 2.30. The molecule has 0 bridgehead atoms. The first-order chi connectivity index (χ1) is 10.7. The van der Waals surface area contributed by atoms with Gasteiger partial charge in [-0.1, -0.05) is 26.2 Å². The largest absolute Gasteiger partial charge is 0.497 e. The molecule has 2 rings (SSSR count). The van der Waals surface area contributed by atoms with Crippen LogP contribution in [0.5, 0.6) is 5.75 Å². The van der Waals surface area contributed by atoms with Crippen molar-refractivity contribution < 1.29 is 4.74 Å². The van der Waals surface area contributed by atoms with E-state index in [2.05, 4.69) is 27.0 Å². The highest BCUT2D eigenvalue weighted by atomic mass is 32.1. The summed E-state index contributed by atoms with van der Waals surface area (Å²) in [6, 6.07) is 7.85. The molecule has 0 aliphatic carbocycles. The van der Waals surface area contributed by atoms with E-state index in [-0.39, 0.29) is 0 Å². The molecule has 5 nitrogen and oxygen atoms in total. The molecular formula is C16H24N4OS. The van der Waals surface area contributed by atoms with E-state index in [1.807, 2.05) is 24.3 Å². The third-order valence-corrected chi connectivity index (χ3v) is 3.92. The van der Waals surface area contributed by atoms with E-state index in [1.54, 1.807) is 7.11 Å². The average molecular weight is 320 g/mol. The Kier molecular flexibility index (Phi) is 6.45. The molecule has 1 aromatic carbocycles. The number of hydrogen-bond acceptors (Lipinski definition) is 4. The van der Waals surface area contributed by atoms with Gasteiger partial charge in [-0.2, -0.15) is 5.10 Å². The van der Waals surface area contributed by atoms with Crippen molar-refractivity contribution in [3.05, 3.63) is 34.9 Å². The molecule has 2 aromatic rings. The zero-order valence-corrected chi connectivity index (χ0v) is 14.1. The Morgan fingerprint density at radius 3 is 2.68 bits per heavy atom. The fourth-order valence-corrected chi connectivity index (χ4v) is 2.54. The molecule has 0 spiro atoms. The molecule has 0 saturated carbocycles. The first kappa shape index (κ1) is 16.5. The SMILES string of the molecule is CCCCCCn1c(CNc2ccc(OC)cc2)n[nH]c1=S. The number of aromatic amines is 1. The second kappa shape index (κ2) is 8.58. The predicted molar refractivity (Wildman–Crippen MR) is 91.9 cm³/mol. The van der Waals surface area contributed by atoms with Crippen molar-refractivity contribution in [1.82, 2.24) is 14.8 Å². The van der Waals surface area contributed by atoms with Crippen molar-refractivity contribution in [1.29, 1.82) is 0 Å². The van der Waals surface area contributed by atoms with Crippen molar-refractivity contribution in [3.8, 4) is 5.75 Å². The monoisotopic (exact) mass is 320 g/mol. The zero-order valence-electron chi connectivity index (χ0n) is 13.3. The summed E-state index contributed by atoms with van der Waals surface area (Å²) in [6.45, 7) is 3.79. The van der Waals surface area contributed by atoms with E-state index in [4.69, 9.17) is 17.0 Å². The van der Waals surface area contributed by atoms with Crippen LogP contribution >= 0.6 is 12.2 Å². The Bertz CT molecular complexity index is 618. The molecule has 0 radical (unpaired) electrons. The third-order valence-electron chi connectivity index (χ3n) is 3.61. The minimum absolute atomic E-state index is 0.646. The first-order valence-corrected chi connectivity index (χ1v) is 8.17. The topological polar surface area (TPSA) is 54.9 Å². The maximum absolute atomic E-state index is 5.32. The van der Waals surface area contributed by atoms with E-state index in [9.17, 15) is 0 Å². The van der Waals surface area contributed by atoms with Gasteiger partial charge in [0.2, 0.25) is 0 Å². The van der Waals surface area contributed by atoms with Crippen LogP contribution in [0.25, 0.3) is 0 Å². The lowest BCUT2D eigenvalue weighted by Crippen LogP contribution is -2.09. The molecule has 0 aliphatic heterocycles. The molecule has 0 unspecified atom stereocenters. The van der Waals surface area contributed by atoms with Gasteiger partial charge in [-0.3, -0.25) is 5.10 Å². The summed E-state index contributed by atoms with van der Waals surface area (Å²) in [5.74, 6) is 1.79. The lowest BCUT2D eigenvalue weighted by Gasteiger charge is -2.09. The van der Waals surface area contributed by atoms with Crippen LogP contribution in [0.2, 0.25) is 0 Å².